The Balaban J connectivity index is 0.00000107. The molecule has 56 heavy (non-hydrogen) atoms. The average Bonchev–Trinajstić information content (AvgIpc) is 3.63. The fourth-order valence-electron chi connectivity index (χ4n) is 8.49. The van der Waals surface area contributed by atoms with Crippen LogP contribution in [0.4, 0.5) is 0 Å². The molecule has 0 amide bonds. The number of fused-ring (bicyclic) bond motifs is 5. The summed E-state index contributed by atoms with van der Waals surface area (Å²) in [6.07, 6.45) is 14.7. The standard InChI is InChI=1S/C49H37N3.C2H6.C2H2/c1-50-52-47(44-16-8-9-17-46(44)51-52)28-32-18-20-35(21-19-32)38-26-27-43-45(31-38)49(40-25-23-34-11-3-5-13-37(34)30-40)42-15-7-6-14-41(42)48(43)39-24-22-33-10-2-4-12-36(33)29-39;2*1-2/h2-23,25-27,29-31,39,50H,24,28H2,1H3;1-2H3;1-2H. The Morgan fingerprint density at radius 2 is 1.21 bits per heavy atom. The molecule has 1 atom stereocenters. The summed E-state index contributed by atoms with van der Waals surface area (Å²) in [6, 6.07) is 58.0. The molecular formula is C53H45N3. The van der Waals surface area contributed by atoms with Gasteiger partial charge in [-0.15, -0.1) is 12.8 Å². The molecule has 0 fully saturated rings. The highest BCUT2D eigenvalue weighted by Gasteiger charge is 2.22. The number of rotatable bonds is 6. The van der Waals surface area contributed by atoms with E-state index < -0.39 is 0 Å². The van der Waals surface area contributed by atoms with Gasteiger partial charge in [0.25, 0.3) is 0 Å². The van der Waals surface area contributed by atoms with Crippen LogP contribution < -0.4 is 15.9 Å². The van der Waals surface area contributed by atoms with Gasteiger partial charge in [-0.1, -0.05) is 166 Å². The van der Waals surface area contributed by atoms with E-state index in [0.29, 0.717) is 0 Å². The second-order valence-electron chi connectivity index (χ2n) is 14.0. The summed E-state index contributed by atoms with van der Waals surface area (Å²) in [7, 11) is 1.92. The highest BCUT2D eigenvalue weighted by molar-refractivity contribution is 6.17. The van der Waals surface area contributed by atoms with Gasteiger partial charge in [-0.25, -0.2) is 0 Å². The average molecular weight is 724 g/mol. The number of terminal acetylenes is 1. The molecule has 272 valence electrons. The zero-order valence-electron chi connectivity index (χ0n) is 32.2. The number of benzene rings is 8. The number of hydrogen-bond acceptors (Lipinski definition) is 2. The van der Waals surface area contributed by atoms with Crippen molar-refractivity contribution in [3.05, 3.63) is 185 Å². The van der Waals surface area contributed by atoms with Crippen LogP contribution in [0.2, 0.25) is 0 Å². The van der Waals surface area contributed by atoms with Gasteiger partial charge in [0.05, 0.1) is 11.2 Å². The van der Waals surface area contributed by atoms with E-state index in [1.165, 1.54) is 81.5 Å². The van der Waals surface area contributed by atoms with Crippen molar-refractivity contribution in [3.63, 3.8) is 0 Å². The SMILES string of the molecule is C#C.CC.CNn1nc2ccccc2c1Cc1ccc(-c2ccc3c(C4C=c5ccccc5=CC4)c4ccccc4c(-c4ccc5ccccc5c4)c3c2)cc1. The van der Waals surface area contributed by atoms with Crippen molar-refractivity contribution in [3.8, 4) is 35.1 Å². The minimum Gasteiger partial charge on any atom is -0.313 e. The van der Waals surface area contributed by atoms with E-state index in [1.807, 2.05) is 31.8 Å². The molecule has 3 heteroatoms. The summed E-state index contributed by atoms with van der Waals surface area (Å²) in [5, 5.41) is 16.3. The Labute approximate surface area is 329 Å². The largest absolute Gasteiger partial charge is 0.313 e. The fourth-order valence-corrected chi connectivity index (χ4v) is 8.49. The number of aromatic nitrogens is 2. The summed E-state index contributed by atoms with van der Waals surface area (Å²) < 4.78 is 0. The summed E-state index contributed by atoms with van der Waals surface area (Å²) in [5.41, 5.74) is 13.0. The first-order valence-electron chi connectivity index (χ1n) is 19.5. The van der Waals surface area contributed by atoms with Crippen molar-refractivity contribution in [1.29, 1.82) is 0 Å². The number of nitrogens with one attached hydrogen (secondary N) is 1. The van der Waals surface area contributed by atoms with E-state index in [4.69, 9.17) is 5.10 Å². The van der Waals surface area contributed by atoms with E-state index >= 15 is 0 Å². The smallest absolute Gasteiger partial charge is 0.0947 e. The zero-order chi connectivity index (χ0) is 38.6. The quantitative estimate of drug-likeness (QED) is 0.137. The molecule has 9 aromatic rings. The molecule has 0 spiro atoms. The highest BCUT2D eigenvalue weighted by atomic mass is 15.5. The van der Waals surface area contributed by atoms with Crippen LogP contribution in [0.5, 0.6) is 0 Å². The third-order valence-electron chi connectivity index (χ3n) is 11.0. The first-order valence-corrected chi connectivity index (χ1v) is 19.5. The van der Waals surface area contributed by atoms with Crippen LogP contribution in [0.25, 0.3) is 77.6 Å². The lowest BCUT2D eigenvalue weighted by atomic mass is 9.80. The Hall–Kier alpha value is -6.89. The summed E-state index contributed by atoms with van der Waals surface area (Å²) in [6.45, 7) is 4.00. The van der Waals surface area contributed by atoms with Gasteiger partial charge >= 0.3 is 0 Å². The van der Waals surface area contributed by atoms with Crippen molar-refractivity contribution < 1.29 is 0 Å². The van der Waals surface area contributed by atoms with E-state index in [-0.39, 0.29) is 5.92 Å². The van der Waals surface area contributed by atoms with Gasteiger partial charge in [0.15, 0.2) is 0 Å². The molecule has 0 saturated heterocycles. The first-order chi connectivity index (χ1) is 27.7. The molecule has 0 aliphatic heterocycles. The van der Waals surface area contributed by atoms with E-state index in [0.717, 1.165) is 24.1 Å². The molecule has 8 aromatic carbocycles. The van der Waals surface area contributed by atoms with Crippen LogP contribution >= 0.6 is 0 Å². The maximum Gasteiger partial charge on any atom is 0.0947 e. The van der Waals surface area contributed by atoms with Crippen LogP contribution in [0.15, 0.2) is 158 Å². The monoisotopic (exact) mass is 723 g/mol. The summed E-state index contributed by atoms with van der Waals surface area (Å²) in [5.74, 6) is 0.278. The Bertz CT molecular complexity index is 3000. The Kier molecular flexibility index (Phi) is 10.2. The van der Waals surface area contributed by atoms with Crippen molar-refractivity contribution in [2.24, 2.45) is 0 Å². The van der Waals surface area contributed by atoms with Gasteiger partial charge in [0.1, 0.15) is 0 Å². The number of hydrogen-bond donors (Lipinski definition) is 1. The minimum absolute atomic E-state index is 0.278. The fraction of sp³-hybridized carbons (Fsp3) is 0.113. The molecule has 1 aromatic heterocycles. The van der Waals surface area contributed by atoms with E-state index in [1.54, 1.807) is 0 Å². The lowest BCUT2D eigenvalue weighted by molar-refractivity contribution is 0.749. The van der Waals surface area contributed by atoms with Crippen molar-refractivity contribution in [2.75, 3.05) is 12.5 Å². The zero-order valence-corrected chi connectivity index (χ0v) is 32.2. The molecule has 1 aliphatic rings. The molecule has 3 nitrogen and oxygen atoms in total. The second-order valence-corrected chi connectivity index (χ2v) is 14.0. The normalized spacial score (nSPS) is 13.1. The lowest BCUT2D eigenvalue weighted by Crippen LogP contribution is -2.27. The van der Waals surface area contributed by atoms with Crippen LogP contribution in [-0.4, -0.2) is 16.9 Å². The van der Waals surface area contributed by atoms with Crippen LogP contribution in [0, 0.1) is 12.8 Å². The summed E-state index contributed by atoms with van der Waals surface area (Å²) >= 11 is 0. The molecule has 1 aliphatic carbocycles. The maximum absolute atomic E-state index is 4.75. The predicted octanol–water partition coefficient (Wildman–Crippen LogP) is 11.6. The van der Waals surface area contributed by atoms with Crippen molar-refractivity contribution in [1.82, 2.24) is 9.89 Å². The molecule has 0 radical (unpaired) electrons. The van der Waals surface area contributed by atoms with Crippen LogP contribution in [0.3, 0.4) is 0 Å². The molecular weight excluding hydrogens is 679 g/mol. The van der Waals surface area contributed by atoms with Crippen LogP contribution in [-0.2, 0) is 6.42 Å². The lowest BCUT2D eigenvalue weighted by Gasteiger charge is -2.23. The van der Waals surface area contributed by atoms with Crippen LogP contribution in [0.1, 0.15) is 43.0 Å². The Morgan fingerprint density at radius 1 is 0.589 bits per heavy atom. The van der Waals surface area contributed by atoms with Gasteiger partial charge < -0.3 is 5.43 Å². The molecule has 1 N–H and O–H groups in total. The first kappa shape index (κ1) is 36.1. The van der Waals surface area contributed by atoms with Gasteiger partial charge in [-0.2, -0.15) is 9.89 Å². The molecule has 0 saturated carbocycles. The maximum atomic E-state index is 4.75. The molecule has 0 bridgehead atoms. The van der Waals surface area contributed by atoms with Crippen molar-refractivity contribution >= 4 is 55.4 Å². The molecule has 10 rings (SSSR count). The second kappa shape index (κ2) is 15.8. The van der Waals surface area contributed by atoms with E-state index in [9.17, 15) is 0 Å². The third kappa shape index (κ3) is 6.50. The van der Waals surface area contributed by atoms with Gasteiger partial charge in [0.2, 0.25) is 0 Å². The molecule has 1 unspecified atom stereocenters. The summed E-state index contributed by atoms with van der Waals surface area (Å²) in [4.78, 5) is 1.90. The van der Waals surface area contributed by atoms with Gasteiger partial charge in [0, 0.05) is 24.8 Å². The molecule has 1 heterocycles. The predicted molar refractivity (Wildman–Crippen MR) is 241 cm³/mol. The topological polar surface area (TPSA) is 29.9 Å². The number of nitrogens with zero attached hydrogens (tertiary/aromatic N) is 2. The van der Waals surface area contributed by atoms with Gasteiger partial charge in [-0.05, 0) is 101 Å². The van der Waals surface area contributed by atoms with Crippen molar-refractivity contribution in [2.45, 2.75) is 32.6 Å². The third-order valence-corrected chi connectivity index (χ3v) is 11.0. The van der Waals surface area contributed by atoms with Gasteiger partial charge in [-0.3, -0.25) is 0 Å². The highest BCUT2D eigenvalue weighted by Crippen LogP contribution is 2.45. The van der Waals surface area contributed by atoms with E-state index in [2.05, 4.69) is 182 Å². The minimum atomic E-state index is 0.278. The Morgan fingerprint density at radius 3 is 2.00 bits per heavy atom.